The molecule has 0 bridgehead atoms. The predicted octanol–water partition coefficient (Wildman–Crippen LogP) is 4.42. The summed E-state index contributed by atoms with van der Waals surface area (Å²) in [5.41, 5.74) is 1.02. The first-order valence-electron chi connectivity index (χ1n) is 8.81. The standard InChI is InChI=1S/C22H21NO4/c1-3-26-22(25)17-11-13-18(14-12-17)23-21(24)15(2)27-20-10-6-8-16-7-4-5-9-19(16)20/h4-15H,3H2,1-2H3,(H,23,24)/t15-/m1/s1. The van der Waals surface area contributed by atoms with Crippen LogP contribution in [0.15, 0.2) is 66.7 Å². The van der Waals surface area contributed by atoms with Crippen molar-refractivity contribution >= 4 is 28.3 Å². The highest BCUT2D eigenvalue weighted by atomic mass is 16.5. The first-order valence-corrected chi connectivity index (χ1v) is 8.81. The van der Waals surface area contributed by atoms with Crippen molar-refractivity contribution in [2.24, 2.45) is 0 Å². The second-order valence-electron chi connectivity index (χ2n) is 6.02. The van der Waals surface area contributed by atoms with Gasteiger partial charge in [-0.15, -0.1) is 0 Å². The van der Waals surface area contributed by atoms with E-state index >= 15 is 0 Å². The van der Waals surface area contributed by atoms with Gasteiger partial charge >= 0.3 is 5.97 Å². The molecular formula is C22H21NO4. The zero-order chi connectivity index (χ0) is 19.2. The van der Waals surface area contributed by atoms with Gasteiger partial charge in [0.1, 0.15) is 5.75 Å². The van der Waals surface area contributed by atoms with E-state index in [9.17, 15) is 9.59 Å². The van der Waals surface area contributed by atoms with Gasteiger partial charge < -0.3 is 14.8 Å². The Labute approximate surface area is 157 Å². The highest BCUT2D eigenvalue weighted by molar-refractivity contribution is 5.96. The molecule has 1 atom stereocenters. The van der Waals surface area contributed by atoms with Crippen molar-refractivity contribution in [3.05, 3.63) is 72.3 Å². The molecule has 0 spiro atoms. The van der Waals surface area contributed by atoms with Crippen LogP contribution in [-0.2, 0) is 9.53 Å². The van der Waals surface area contributed by atoms with Crippen LogP contribution in [0.25, 0.3) is 10.8 Å². The summed E-state index contributed by atoms with van der Waals surface area (Å²) >= 11 is 0. The minimum Gasteiger partial charge on any atom is -0.480 e. The minimum absolute atomic E-state index is 0.271. The molecule has 0 aromatic heterocycles. The van der Waals surface area contributed by atoms with Gasteiger partial charge in [-0.3, -0.25) is 4.79 Å². The Morgan fingerprint density at radius 2 is 1.67 bits per heavy atom. The molecule has 3 aromatic carbocycles. The quantitative estimate of drug-likeness (QED) is 0.658. The van der Waals surface area contributed by atoms with E-state index in [4.69, 9.17) is 9.47 Å². The van der Waals surface area contributed by atoms with Crippen LogP contribution in [0, 0.1) is 0 Å². The molecule has 3 aromatic rings. The molecule has 0 unspecified atom stereocenters. The number of hydrogen-bond donors (Lipinski definition) is 1. The molecule has 0 saturated heterocycles. The lowest BCUT2D eigenvalue weighted by Gasteiger charge is -2.16. The summed E-state index contributed by atoms with van der Waals surface area (Å²) in [6, 6.07) is 20.2. The van der Waals surface area contributed by atoms with E-state index < -0.39 is 6.10 Å². The van der Waals surface area contributed by atoms with Crippen LogP contribution in [0.4, 0.5) is 5.69 Å². The summed E-state index contributed by atoms with van der Waals surface area (Å²) in [6.45, 7) is 3.77. The molecule has 5 nitrogen and oxygen atoms in total. The lowest BCUT2D eigenvalue weighted by atomic mass is 10.1. The molecule has 0 aliphatic carbocycles. The van der Waals surface area contributed by atoms with Crippen molar-refractivity contribution in [2.45, 2.75) is 20.0 Å². The molecule has 0 saturated carbocycles. The van der Waals surface area contributed by atoms with Gasteiger partial charge in [0.15, 0.2) is 6.10 Å². The van der Waals surface area contributed by atoms with Gasteiger partial charge in [0.05, 0.1) is 12.2 Å². The van der Waals surface area contributed by atoms with E-state index in [1.807, 2.05) is 42.5 Å². The number of hydrogen-bond acceptors (Lipinski definition) is 4. The van der Waals surface area contributed by atoms with Crippen molar-refractivity contribution < 1.29 is 19.1 Å². The number of ether oxygens (including phenoxy) is 2. The monoisotopic (exact) mass is 363 g/mol. The normalized spacial score (nSPS) is 11.6. The first-order chi connectivity index (χ1) is 13.1. The van der Waals surface area contributed by atoms with E-state index in [2.05, 4.69) is 5.32 Å². The number of carbonyl (C=O) groups excluding carboxylic acids is 2. The third-order valence-corrected chi connectivity index (χ3v) is 4.09. The van der Waals surface area contributed by atoms with Crippen molar-refractivity contribution in [1.82, 2.24) is 0 Å². The average Bonchev–Trinajstić information content (AvgIpc) is 2.69. The minimum atomic E-state index is -0.680. The van der Waals surface area contributed by atoms with Gasteiger partial charge in [-0.1, -0.05) is 36.4 Å². The molecule has 138 valence electrons. The van der Waals surface area contributed by atoms with Gasteiger partial charge in [0, 0.05) is 11.1 Å². The summed E-state index contributed by atoms with van der Waals surface area (Å²) in [5, 5.41) is 4.80. The molecule has 1 N–H and O–H groups in total. The number of nitrogens with one attached hydrogen (secondary N) is 1. The van der Waals surface area contributed by atoms with Crippen molar-refractivity contribution in [3.63, 3.8) is 0 Å². The average molecular weight is 363 g/mol. The number of anilines is 1. The van der Waals surface area contributed by atoms with Gasteiger partial charge in [-0.25, -0.2) is 4.79 Å². The maximum atomic E-state index is 12.4. The van der Waals surface area contributed by atoms with Crippen LogP contribution in [0.5, 0.6) is 5.75 Å². The number of benzene rings is 3. The van der Waals surface area contributed by atoms with Gasteiger partial charge in [0.2, 0.25) is 0 Å². The third-order valence-electron chi connectivity index (χ3n) is 4.09. The number of rotatable bonds is 6. The fourth-order valence-electron chi connectivity index (χ4n) is 2.69. The Bertz CT molecular complexity index is 945. The van der Waals surface area contributed by atoms with E-state index in [1.165, 1.54) is 0 Å². The molecule has 5 heteroatoms. The second-order valence-corrected chi connectivity index (χ2v) is 6.02. The van der Waals surface area contributed by atoms with Gasteiger partial charge in [-0.05, 0) is 49.6 Å². The first kappa shape index (κ1) is 18.5. The molecule has 0 aliphatic heterocycles. The van der Waals surface area contributed by atoms with Gasteiger partial charge in [0.25, 0.3) is 5.91 Å². The molecule has 0 heterocycles. The van der Waals surface area contributed by atoms with Crippen LogP contribution < -0.4 is 10.1 Å². The lowest BCUT2D eigenvalue weighted by molar-refractivity contribution is -0.122. The molecule has 0 aliphatic rings. The SMILES string of the molecule is CCOC(=O)c1ccc(NC(=O)[C@@H](C)Oc2cccc3ccccc23)cc1. The Hall–Kier alpha value is -3.34. The second kappa shape index (κ2) is 8.36. The summed E-state index contributed by atoms with van der Waals surface area (Å²) in [5.74, 6) is 0.00302. The molecule has 27 heavy (non-hydrogen) atoms. The largest absolute Gasteiger partial charge is 0.480 e. The Morgan fingerprint density at radius 3 is 2.41 bits per heavy atom. The van der Waals surface area contributed by atoms with Crippen LogP contribution in [-0.4, -0.2) is 24.6 Å². The van der Waals surface area contributed by atoms with Crippen LogP contribution in [0.1, 0.15) is 24.2 Å². The zero-order valence-electron chi connectivity index (χ0n) is 15.3. The summed E-state index contributed by atoms with van der Waals surface area (Å²) < 4.78 is 10.8. The Morgan fingerprint density at radius 1 is 0.963 bits per heavy atom. The summed E-state index contributed by atoms with van der Waals surface area (Å²) in [7, 11) is 0. The number of esters is 1. The Kier molecular flexibility index (Phi) is 5.71. The highest BCUT2D eigenvalue weighted by Gasteiger charge is 2.16. The smallest absolute Gasteiger partial charge is 0.338 e. The zero-order valence-corrected chi connectivity index (χ0v) is 15.3. The van der Waals surface area contributed by atoms with Crippen LogP contribution in [0.2, 0.25) is 0 Å². The van der Waals surface area contributed by atoms with E-state index in [-0.39, 0.29) is 11.9 Å². The number of fused-ring (bicyclic) bond motifs is 1. The van der Waals surface area contributed by atoms with Gasteiger partial charge in [-0.2, -0.15) is 0 Å². The summed E-state index contributed by atoms with van der Waals surface area (Å²) in [4.78, 5) is 24.1. The van der Waals surface area contributed by atoms with E-state index in [0.29, 0.717) is 23.6 Å². The van der Waals surface area contributed by atoms with E-state index in [0.717, 1.165) is 10.8 Å². The fourth-order valence-corrected chi connectivity index (χ4v) is 2.69. The summed E-state index contributed by atoms with van der Waals surface area (Å²) in [6.07, 6.45) is -0.680. The van der Waals surface area contributed by atoms with Crippen molar-refractivity contribution in [3.8, 4) is 5.75 Å². The Balaban J connectivity index is 1.66. The van der Waals surface area contributed by atoms with Crippen molar-refractivity contribution in [1.29, 1.82) is 0 Å². The molecule has 1 amide bonds. The number of amides is 1. The molecule has 0 fully saturated rings. The molecular weight excluding hydrogens is 342 g/mol. The van der Waals surface area contributed by atoms with Crippen LogP contribution in [0.3, 0.4) is 0 Å². The highest BCUT2D eigenvalue weighted by Crippen LogP contribution is 2.26. The molecule has 0 radical (unpaired) electrons. The van der Waals surface area contributed by atoms with E-state index in [1.54, 1.807) is 38.1 Å². The fraction of sp³-hybridized carbons (Fsp3) is 0.182. The topological polar surface area (TPSA) is 64.6 Å². The maximum Gasteiger partial charge on any atom is 0.338 e. The van der Waals surface area contributed by atoms with Crippen LogP contribution >= 0.6 is 0 Å². The molecule has 3 rings (SSSR count). The predicted molar refractivity (Wildman–Crippen MR) is 105 cm³/mol. The number of carbonyl (C=O) groups is 2. The van der Waals surface area contributed by atoms with Crippen molar-refractivity contribution in [2.75, 3.05) is 11.9 Å². The lowest BCUT2D eigenvalue weighted by Crippen LogP contribution is -2.30. The maximum absolute atomic E-state index is 12.4. The third kappa shape index (κ3) is 4.44.